The van der Waals surface area contributed by atoms with Gasteiger partial charge in [0.25, 0.3) is 0 Å². The Kier molecular flexibility index (Phi) is 10.3. The molecule has 1 aromatic rings. The van der Waals surface area contributed by atoms with Crippen molar-refractivity contribution in [2.75, 3.05) is 26.7 Å². The first-order valence-corrected chi connectivity index (χ1v) is 12.7. The highest BCUT2D eigenvalue weighted by molar-refractivity contribution is 14.0. The molecule has 184 valence electrons. The zero-order valence-corrected chi connectivity index (χ0v) is 22.7. The van der Waals surface area contributed by atoms with Gasteiger partial charge >= 0.3 is 0 Å². The average molecular weight is 568 g/mol. The molecule has 1 aliphatic carbocycles. The number of nitrogens with one attached hydrogen (secondary N) is 2. The summed E-state index contributed by atoms with van der Waals surface area (Å²) >= 11 is 0. The Balaban J connectivity index is 0.00000306. The van der Waals surface area contributed by atoms with E-state index in [1.165, 1.54) is 49.8 Å². The minimum Gasteiger partial charge on any atom is -0.352 e. The molecule has 3 aliphatic rings. The fraction of sp³-hybridized carbons (Fsp3) is 0.692. The van der Waals surface area contributed by atoms with Crippen LogP contribution in [-0.4, -0.2) is 60.4 Å². The van der Waals surface area contributed by atoms with E-state index in [1.54, 1.807) is 0 Å². The van der Waals surface area contributed by atoms with Gasteiger partial charge in [-0.05, 0) is 56.7 Å². The summed E-state index contributed by atoms with van der Waals surface area (Å²) in [5, 5.41) is 6.96. The van der Waals surface area contributed by atoms with E-state index in [0.29, 0.717) is 11.9 Å². The van der Waals surface area contributed by atoms with Crippen LogP contribution in [-0.2, 0) is 17.9 Å². The van der Waals surface area contributed by atoms with Crippen LogP contribution in [0, 0.1) is 5.92 Å². The first-order valence-electron chi connectivity index (χ1n) is 12.7. The molecule has 2 N–H and O–H groups in total. The largest absolute Gasteiger partial charge is 0.352 e. The Hall–Kier alpha value is -1.35. The summed E-state index contributed by atoms with van der Waals surface area (Å²) in [6.45, 7) is 7.02. The van der Waals surface area contributed by atoms with Gasteiger partial charge in [0.1, 0.15) is 0 Å². The van der Waals surface area contributed by atoms with Crippen molar-refractivity contribution in [3.8, 4) is 0 Å². The number of guanidine groups is 1. The number of halogens is 1. The second-order valence-corrected chi connectivity index (χ2v) is 9.95. The summed E-state index contributed by atoms with van der Waals surface area (Å²) in [6.07, 6.45) is 9.57. The molecule has 0 aromatic heterocycles. The van der Waals surface area contributed by atoms with Crippen LogP contribution in [0.5, 0.6) is 0 Å². The number of carbonyl (C=O) groups excluding carboxylic acids is 1. The molecule has 1 amide bonds. The number of benzene rings is 1. The van der Waals surface area contributed by atoms with Gasteiger partial charge in [-0.25, -0.2) is 0 Å². The Labute approximate surface area is 217 Å². The summed E-state index contributed by atoms with van der Waals surface area (Å²) in [7, 11) is 1.81. The summed E-state index contributed by atoms with van der Waals surface area (Å²) in [4.78, 5) is 21.7. The summed E-state index contributed by atoms with van der Waals surface area (Å²) in [6, 6.07) is 9.94. The van der Waals surface area contributed by atoms with Crippen molar-refractivity contribution >= 4 is 35.8 Å². The lowest BCUT2D eigenvalue weighted by Gasteiger charge is -2.33. The van der Waals surface area contributed by atoms with Gasteiger partial charge < -0.3 is 15.5 Å². The molecule has 2 atom stereocenters. The van der Waals surface area contributed by atoms with Crippen molar-refractivity contribution in [1.82, 2.24) is 20.4 Å². The van der Waals surface area contributed by atoms with Crippen LogP contribution in [0.2, 0.25) is 0 Å². The molecule has 0 spiro atoms. The van der Waals surface area contributed by atoms with Gasteiger partial charge in [0.2, 0.25) is 5.91 Å². The van der Waals surface area contributed by atoms with E-state index >= 15 is 0 Å². The zero-order chi connectivity index (χ0) is 22.3. The summed E-state index contributed by atoms with van der Waals surface area (Å²) in [5.74, 6) is 1.46. The summed E-state index contributed by atoms with van der Waals surface area (Å²) < 4.78 is 0. The standard InChI is InChI=1S/C26H41N5O.HI/c1-20-7-5-6-15-30(20)18-22-12-10-21(11-13-22)17-28-26(27-2)29-24-14-16-31(19-24)25(32)23-8-3-4-9-23;/h10-13,20,23-24H,3-9,14-19H2,1-2H3,(H2,27,28,29);1H. The van der Waals surface area contributed by atoms with E-state index < -0.39 is 0 Å². The van der Waals surface area contributed by atoms with Gasteiger partial charge in [-0.15, -0.1) is 24.0 Å². The molecule has 7 heteroatoms. The molecule has 2 unspecified atom stereocenters. The Bertz CT molecular complexity index is 777. The molecule has 2 heterocycles. The van der Waals surface area contributed by atoms with Crippen LogP contribution < -0.4 is 10.6 Å². The average Bonchev–Trinajstić information content (AvgIpc) is 3.51. The molecule has 0 bridgehead atoms. The fourth-order valence-corrected chi connectivity index (χ4v) is 5.47. The number of hydrogen-bond donors (Lipinski definition) is 2. The fourth-order valence-electron chi connectivity index (χ4n) is 5.47. The van der Waals surface area contributed by atoms with Gasteiger partial charge in [0, 0.05) is 51.2 Å². The Morgan fingerprint density at radius 2 is 1.70 bits per heavy atom. The minimum atomic E-state index is 0. The smallest absolute Gasteiger partial charge is 0.225 e. The topological polar surface area (TPSA) is 60.0 Å². The number of carbonyl (C=O) groups is 1. The maximum atomic E-state index is 12.7. The van der Waals surface area contributed by atoms with Crippen molar-refractivity contribution in [3.05, 3.63) is 35.4 Å². The zero-order valence-electron chi connectivity index (χ0n) is 20.4. The molecular formula is C26H42IN5O. The quantitative estimate of drug-likeness (QED) is 0.309. The van der Waals surface area contributed by atoms with Crippen LogP contribution in [0.1, 0.15) is 69.4 Å². The van der Waals surface area contributed by atoms with Gasteiger partial charge in [0.05, 0.1) is 0 Å². The van der Waals surface area contributed by atoms with E-state index in [0.717, 1.165) is 51.4 Å². The lowest BCUT2D eigenvalue weighted by molar-refractivity contribution is -0.134. The van der Waals surface area contributed by atoms with E-state index in [4.69, 9.17) is 0 Å². The maximum Gasteiger partial charge on any atom is 0.225 e. The third-order valence-electron chi connectivity index (χ3n) is 7.58. The van der Waals surface area contributed by atoms with Crippen LogP contribution in [0.25, 0.3) is 0 Å². The first kappa shape index (κ1) is 26.3. The van der Waals surface area contributed by atoms with E-state index in [1.807, 2.05) is 7.05 Å². The van der Waals surface area contributed by atoms with Crippen LogP contribution in [0.15, 0.2) is 29.3 Å². The van der Waals surface area contributed by atoms with Crippen molar-refractivity contribution in [2.24, 2.45) is 10.9 Å². The molecule has 0 radical (unpaired) electrons. The highest BCUT2D eigenvalue weighted by Crippen LogP contribution is 2.28. The van der Waals surface area contributed by atoms with E-state index in [-0.39, 0.29) is 35.9 Å². The lowest BCUT2D eigenvalue weighted by Crippen LogP contribution is -2.45. The maximum absolute atomic E-state index is 12.7. The van der Waals surface area contributed by atoms with Crippen molar-refractivity contribution in [2.45, 2.75) is 83.5 Å². The number of hydrogen-bond acceptors (Lipinski definition) is 3. The second kappa shape index (κ2) is 12.9. The number of amides is 1. The highest BCUT2D eigenvalue weighted by atomic mass is 127. The molecule has 1 aromatic carbocycles. The van der Waals surface area contributed by atoms with Crippen molar-refractivity contribution in [1.29, 1.82) is 0 Å². The number of rotatable bonds is 6. The van der Waals surface area contributed by atoms with Crippen molar-refractivity contribution in [3.63, 3.8) is 0 Å². The van der Waals surface area contributed by atoms with Crippen LogP contribution >= 0.6 is 24.0 Å². The molecule has 2 saturated heterocycles. The third kappa shape index (κ3) is 7.31. The van der Waals surface area contributed by atoms with E-state index in [2.05, 4.69) is 56.6 Å². The predicted octanol–water partition coefficient (Wildman–Crippen LogP) is 4.14. The molecule has 1 saturated carbocycles. The normalized spacial score (nSPS) is 24.5. The third-order valence-corrected chi connectivity index (χ3v) is 7.58. The Morgan fingerprint density at radius 3 is 2.39 bits per heavy atom. The van der Waals surface area contributed by atoms with Gasteiger partial charge in [-0.1, -0.05) is 43.5 Å². The van der Waals surface area contributed by atoms with E-state index in [9.17, 15) is 4.79 Å². The summed E-state index contributed by atoms with van der Waals surface area (Å²) in [5.41, 5.74) is 2.65. The highest BCUT2D eigenvalue weighted by Gasteiger charge is 2.32. The monoisotopic (exact) mass is 567 g/mol. The number of nitrogens with zero attached hydrogens (tertiary/aromatic N) is 3. The first-order chi connectivity index (χ1) is 15.6. The lowest BCUT2D eigenvalue weighted by atomic mass is 10.0. The molecular weight excluding hydrogens is 525 g/mol. The Morgan fingerprint density at radius 1 is 1.00 bits per heavy atom. The molecule has 3 fully saturated rings. The van der Waals surface area contributed by atoms with Crippen LogP contribution in [0.3, 0.4) is 0 Å². The molecule has 2 aliphatic heterocycles. The van der Waals surface area contributed by atoms with Gasteiger partial charge in [-0.3, -0.25) is 14.7 Å². The molecule has 6 nitrogen and oxygen atoms in total. The SMILES string of the molecule is CN=C(NCc1ccc(CN2CCCCC2C)cc1)NC1CCN(C(=O)C2CCCC2)C1.I. The van der Waals surface area contributed by atoms with Gasteiger partial charge in [-0.2, -0.15) is 0 Å². The number of piperidine rings is 1. The number of aliphatic imine (C=N–C) groups is 1. The molecule has 33 heavy (non-hydrogen) atoms. The number of likely N-dealkylation sites (tertiary alicyclic amines) is 2. The predicted molar refractivity (Wildman–Crippen MR) is 146 cm³/mol. The van der Waals surface area contributed by atoms with Crippen molar-refractivity contribution < 1.29 is 4.79 Å². The second-order valence-electron chi connectivity index (χ2n) is 9.95. The minimum absolute atomic E-state index is 0. The van der Waals surface area contributed by atoms with Gasteiger partial charge in [0.15, 0.2) is 5.96 Å². The molecule has 4 rings (SSSR count). The van der Waals surface area contributed by atoms with Crippen LogP contribution in [0.4, 0.5) is 0 Å².